The zero-order chi connectivity index (χ0) is 12.3. The fraction of sp³-hybridized carbons (Fsp3) is 0.167. The second-order valence-corrected chi connectivity index (χ2v) is 3.43. The van der Waals surface area contributed by atoms with Crippen LogP contribution >= 0.6 is 0 Å². The van der Waals surface area contributed by atoms with Crippen molar-refractivity contribution in [1.29, 1.82) is 0 Å². The third kappa shape index (κ3) is 2.38. The Labute approximate surface area is 97.5 Å². The highest BCUT2D eigenvalue weighted by molar-refractivity contribution is 5.71. The molecule has 0 radical (unpaired) electrons. The van der Waals surface area contributed by atoms with E-state index in [0.29, 0.717) is 17.1 Å². The summed E-state index contributed by atoms with van der Waals surface area (Å²) < 4.78 is 25.2. The number of anilines is 1. The zero-order valence-corrected chi connectivity index (χ0v) is 9.19. The average molecular weight is 235 g/mol. The van der Waals surface area contributed by atoms with Gasteiger partial charge in [-0.15, -0.1) is 0 Å². The molecule has 0 fully saturated rings. The molecule has 0 aliphatic rings. The molecule has 3 nitrogen and oxygen atoms in total. The van der Waals surface area contributed by atoms with Crippen molar-refractivity contribution in [2.24, 2.45) is 0 Å². The van der Waals surface area contributed by atoms with E-state index in [9.17, 15) is 8.78 Å². The van der Waals surface area contributed by atoms with Crippen molar-refractivity contribution < 1.29 is 8.78 Å². The van der Waals surface area contributed by atoms with E-state index < -0.39 is 6.43 Å². The minimum Gasteiger partial charge on any atom is -0.371 e. The molecule has 5 heteroatoms. The number of hydrogen-bond donors (Lipinski definition) is 1. The molecule has 0 saturated heterocycles. The Hall–Kier alpha value is -2.04. The third-order valence-electron chi connectivity index (χ3n) is 2.35. The highest BCUT2D eigenvalue weighted by atomic mass is 19.3. The monoisotopic (exact) mass is 235 g/mol. The van der Waals surface area contributed by atoms with Gasteiger partial charge in [-0.1, -0.05) is 18.2 Å². The Kier molecular flexibility index (Phi) is 3.27. The van der Waals surface area contributed by atoms with Gasteiger partial charge in [0.2, 0.25) is 0 Å². The molecule has 0 atom stereocenters. The van der Waals surface area contributed by atoms with Crippen LogP contribution in [0.25, 0.3) is 11.3 Å². The standard InChI is InChI=1S/C12H11F2N3/c1-15-12-10(16-5-6-17-12)8-3-2-4-9(7-8)11(13)14/h2-7,11H,1H3,(H,15,17). The highest BCUT2D eigenvalue weighted by Gasteiger charge is 2.11. The lowest BCUT2D eigenvalue weighted by Gasteiger charge is -2.08. The third-order valence-corrected chi connectivity index (χ3v) is 2.35. The first-order valence-corrected chi connectivity index (χ1v) is 5.09. The van der Waals surface area contributed by atoms with E-state index in [1.165, 1.54) is 18.3 Å². The normalized spacial score (nSPS) is 10.6. The largest absolute Gasteiger partial charge is 0.371 e. The Balaban J connectivity index is 2.49. The van der Waals surface area contributed by atoms with E-state index in [0.717, 1.165) is 0 Å². The molecule has 0 aliphatic carbocycles. The number of alkyl halides is 2. The van der Waals surface area contributed by atoms with Crippen LogP contribution in [0.15, 0.2) is 36.7 Å². The topological polar surface area (TPSA) is 37.8 Å². The second-order valence-electron chi connectivity index (χ2n) is 3.43. The molecule has 1 aromatic carbocycles. The van der Waals surface area contributed by atoms with E-state index in [1.54, 1.807) is 25.4 Å². The van der Waals surface area contributed by atoms with Crippen LogP contribution in [0.4, 0.5) is 14.6 Å². The Morgan fingerprint density at radius 3 is 2.65 bits per heavy atom. The minimum absolute atomic E-state index is 0.0183. The molecule has 0 bridgehead atoms. The summed E-state index contributed by atoms with van der Waals surface area (Å²) in [5, 5.41) is 2.88. The fourth-order valence-corrected chi connectivity index (χ4v) is 1.55. The van der Waals surface area contributed by atoms with Crippen molar-refractivity contribution in [3.8, 4) is 11.3 Å². The molecular formula is C12H11F2N3. The Morgan fingerprint density at radius 1 is 1.18 bits per heavy atom. The molecule has 0 amide bonds. The van der Waals surface area contributed by atoms with Crippen LogP contribution in [0.1, 0.15) is 12.0 Å². The zero-order valence-electron chi connectivity index (χ0n) is 9.19. The van der Waals surface area contributed by atoms with Gasteiger partial charge in [0.15, 0.2) is 5.82 Å². The number of nitrogens with zero attached hydrogens (tertiary/aromatic N) is 2. The second kappa shape index (κ2) is 4.86. The molecule has 0 aliphatic heterocycles. The quantitative estimate of drug-likeness (QED) is 0.888. The summed E-state index contributed by atoms with van der Waals surface area (Å²) in [6.07, 6.45) is 0.599. The van der Waals surface area contributed by atoms with Crippen molar-refractivity contribution in [3.05, 3.63) is 42.2 Å². The maximum absolute atomic E-state index is 12.6. The highest BCUT2D eigenvalue weighted by Crippen LogP contribution is 2.27. The summed E-state index contributed by atoms with van der Waals surface area (Å²) in [5.74, 6) is 0.568. The van der Waals surface area contributed by atoms with Crippen LogP contribution in [0.2, 0.25) is 0 Å². The van der Waals surface area contributed by atoms with Gasteiger partial charge in [0.05, 0.1) is 0 Å². The van der Waals surface area contributed by atoms with Gasteiger partial charge in [-0.2, -0.15) is 0 Å². The molecule has 1 N–H and O–H groups in total. The van der Waals surface area contributed by atoms with Crippen molar-refractivity contribution in [1.82, 2.24) is 9.97 Å². The lowest BCUT2D eigenvalue weighted by Crippen LogP contribution is -1.97. The summed E-state index contributed by atoms with van der Waals surface area (Å²) >= 11 is 0. The van der Waals surface area contributed by atoms with E-state index in [-0.39, 0.29) is 5.56 Å². The Morgan fingerprint density at radius 2 is 1.94 bits per heavy atom. The molecule has 0 unspecified atom stereocenters. The average Bonchev–Trinajstić information content (AvgIpc) is 2.39. The van der Waals surface area contributed by atoms with Crippen molar-refractivity contribution in [2.45, 2.75) is 6.43 Å². The smallest absolute Gasteiger partial charge is 0.263 e. The van der Waals surface area contributed by atoms with Crippen LogP contribution in [-0.4, -0.2) is 17.0 Å². The number of aromatic nitrogens is 2. The Bertz CT molecular complexity index is 515. The van der Waals surface area contributed by atoms with E-state index in [1.807, 2.05) is 0 Å². The summed E-state index contributed by atoms with van der Waals surface area (Å²) in [5.41, 5.74) is 1.17. The molecule has 0 saturated carbocycles. The van der Waals surface area contributed by atoms with Crippen molar-refractivity contribution in [3.63, 3.8) is 0 Å². The van der Waals surface area contributed by atoms with Gasteiger partial charge in [-0.3, -0.25) is 4.98 Å². The molecule has 1 heterocycles. The predicted molar refractivity (Wildman–Crippen MR) is 62.0 cm³/mol. The molecular weight excluding hydrogens is 224 g/mol. The number of benzene rings is 1. The number of hydrogen-bond acceptors (Lipinski definition) is 3. The predicted octanol–water partition coefficient (Wildman–Crippen LogP) is 3.12. The van der Waals surface area contributed by atoms with Crippen molar-refractivity contribution >= 4 is 5.82 Å². The van der Waals surface area contributed by atoms with Crippen molar-refractivity contribution in [2.75, 3.05) is 12.4 Å². The summed E-state index contributed by atoms with van der Waals surface area (Å²) in [7, 11) is 1.71. The molecule has 1 aromatic heterocycles. The van der Waals surface area contributed by atoms with Crippen LogP contribution < -0.4 is 5.32 Å². The first-order chi connectivity index (χ1) is 8.22. The van der Waals surface area contributed by atoms with Crippen LogP contribution in [0.5, 0.6) is 0 Å². The first kappa shape index (κ1) is 11.4. The number of rotatable bonds is 3. The molecule has 17 heavy (non-hydrogen) atoms. The van der Waals surface area contributed by atoms with Gasteiger partial charge in [0.25, 0.3) is 6.43 Å². The minimum atomic E-state index is -2.48. The lowest BCUT2D eigenvalue weighted by molar-refractivity contribution is 0.151. The van der Waals surface area contributed by atoms with Crippen LogP contribution in [0.3, 0.4) is 0 Å². The van der Waals surface area contributed by atoms with E-state index in [2.05, 4.69) is 15.3 Å². The van der Waals surface area contributed by atoms with Crippen LogP contribution in [-0.2, 0) is 0 Å². The van der Waals surface area contributed by atoms with Gasteiger partial charge in [-0.25, -0.2) is 13.8 Å². The van der Waals surface area contributed by atoms with Crippen LogP contribution in [0, 0.1) is 0 Å². The first-order valence-electron chi connectivity index (χ1n) is 5.09. The summed E-state index contributed by atoms with van der Waals surface area (Å²) in [6, 6.07) is 6.14. The molecule has 2 rings (SSSR count). The maximum atomic E-state index is 12.6. The molecule has 88 valence electrons. The van der Waals surface area contributed by atoms with Gasteiger partial charge < -0.3 is 5.32 Å². The number of nitrogens with one attached hydrogen (secondary N) is 1. The van der Waals surface area contributed by atoms with Gasteiger partial charge in [0, 0.05) is 30.6 Å². The summed E-state index contributed by atoms with van der Waals surface area (Å²) in [6.45, 7) is 0. The maximum Gasteiger partial charge on any atom is 0.263 e. The molecule has 2 aromatic rings. The summed E-state index contributed by atoms with van der Waals surface area (Å²) in [4.78, 5) is 8.24. The number of halogens is 2. The SMILES string of the molecule is CNc1nccnc1-c1cccc(C(F)F)c1. The van der Waals surface area contributed by atoms with E-state index in [4.69, 9.17) is 0 Å². The fourth-order valence-electron chi connectivity index (χ4n) is 1.55. The van der Waals surface area contributed by atoms with Gasteiger partial charge in [-0.05, 0) is 6.07 Å². The molecule has 0 spiro atoms. The van der Waals surface area contributed by atoms with E-state index >= 15 is 0 Å². The lowest BCUT2D eigenvalue weighted by atomic mass is 10.1. The van der Waals surface area contributed by atoms with Gasteiger partial charge >= 0.3 is 0 Å². The van der Waals surface area contributed by atoms with Gasteiger partial charge in [0.1, 0.15) is 5.69 Å².